The fourth-order valence-corrected chi connectivity index (χ4v) is 5.15. The molecule has 0 aliphatic carbocycles. The van der Waals surface area contributed by atoms with Gasteiger partial charge in [0.2, 0.25) is 16.0 Å². The smallest absolute Gasteiger partial charge is 0.240 e. The summed E-state index contributed by atoms with van der Waals surface area (Å²) >= 11 is 1.60. The number of rotatable bonds is 11. The number of nitrogens with zero attached hydrogens (tertiary/aromatic N) is 4. The zero-order valence-electron chi connectivity index (χ0n) is 22.1. The molecule has 202 valence electrons. The molecule has 0 radical (unpaired) electrons. The summed E-state index contributed by atoms with van der Waals surface area (Å²) in [5.41, 5.74) is 3.49. The molecule has 3 N–H and O–H groups in total. The number of thiazole rings is 1. The molecule has 38 heavy (non-hydrogen) atoms. The molecule has 3 aromatic rings. The summed E-state index contributed by atoms with van der Waals surface area (Å²) in [4.78, 5) is 18.5. The lowest BCUT2D eigenvalue weighted by Crippen LogP contribution is -2.26. The largest absolute Gasteiger partial charge is 0.395 e. The minimum absolute atomic E-state index is 0.0323. The summed E-state index contributed by atoms with van der Waals surface area (Å²) in [7, 11) is -3.65. The predicted octanol–water partition coefficient (Wildman–Crippen LogP) is 4.84. The number of terminal acetylenes is 1. The van der Waals surface area contributed by atoms with E-state index < -0.39 is 10.0 Å². The minimum Gasteiger partial charge on any atom is -0.395 e. The molecule has 0 unspecified atom stereocenters. The first kappa shape index (κ1) is 30.8. The lowest BCUT2D eigenvalue weighted by atomic mass is 10.2. The number of nitrogens with one attached hydrogen (secondary N) is 2. The molecule has 0 saturated carbocycles. The van der Waals surface area contributed by atoms with E-state index in [1.165, 1.54) is 12.1 Å². The molecule has 11 heteroatoms. The zero-order valence-corrected chi connectivity index (χ0v) is 23.7. The van der Waals surface area contributed by atoms with Gasteiger partial charge in [0, 0.05) is 18.4 Å². The normalized spacial score (nSPS) is 11.6. The maximum atomic E-state index is 12.1. The van der Waals surface area contributed by atoms with Gasteiger partial charge in [0.1, 0.15) is 5.01 Å². The summed E-state index contributed by atoms with van der Waals surface area (Å²) in [6.07, 6.45) is 12.5. The number of aryl methyl sites for hydroxylation is 1. The molecule has 3 rings (SSSR count). The number of aliphatic hydroxyl groups excluding tert-OH is 1. The molecule has 0 saturated heterocycles. The van der Waals surface area contributed by atoms with Crippen LogP contribution in [0.1, 0.15) is 44.3 Å². The first-order chi connectivity index (χ1) is 18.2. The lowest BCUT2D eigenvalue weighted by molar-refractivity contribution is 0.301. The summed E-state index contributed by atoms with van der Waals surface area (Å²) in [5.74, 6) is 2.81. The molecule has 0 amide bonds. The SMILES string of the molecule is C#CCN=CCC.CC/C=C(\C)c1nc(C)c(-c2ccnc(Nc3ccc(S(=O)(=O)NCCO)cc3)n2)s1. The van der Waals surface area contributed by atoms with Crippen LogP contribution in [0.2, 0.25) is 0 Å². The first-order valence-corrected chi connectivity index (χ1v) is 14.4. The second kappa shape index (κ2) is 15.7. The van der Waals surface area contributed by atoms with Crippen LogP contribution in [-0.4, -0.2) is 54.4 Å². The molecule has 0 aliphatic heterocycles. The Kier molecular flexibility index (Phi) is 12.8. The summed E-state index contributed by atoms with van der Waals surface area (Å²) in [5, 5.41) is 12.9. The number of hydrogen-bond acceptors (Lipinski definition) is 9. The number of sulfonamides is 1. The van der Waals surface area contributed by atoms with E-state index in [1.54, 1.807) is 29.7 Å². The molecule has 0 spiro atoms. The third kappa shape index (κ3) is 9.46. The van der Waals surface area contributed by atoms with Crippen LogP contribution in [0.3, 0.4) is 0 Å². The van der Waals surface area contributed by atoms with E-state index in [2.05, 4.69) is 55.8 Å². The van der Waals surface area contributed by atoms with Crippen molar-refractivity contribution in [3.05, 3.63) is 53.3 Å². The van der Waals surface area contributed by atoms with Crippen LogP contribution in [0.25, 0.3) is 16.1 Å². The molecular weight excluding hydrogens is 520 g/mol. The molecule has 0 aliphatic rings. The van der Waals surface area contributed by atoms with Gasteiger partial charge in [-0.3, -0.25) is 4.99 Å². The van der Waals surface area contributed by atoms with Crippen molar-refractivity contribution in [3.63, 3.8) is 0 Å². The Labute approximate surface area is 229 Å². The molecule has 0 fully saturated rings. The molecule has 9 nitrogen and oxygen atoms in total. The zero-order chi connectivity index (χ0) is 28.0. The van der Waals surface area contributed by atoms with E-state index in [0.29, 0.717) is 18.2 Å². The highest BCUT2D eigenvalue weighted by Crippen LogP contribution is 2.32. The van der Waals surface area contributed by atoms with Gasteiger partial charge in [-0.15, -0.1) is 17.8 Å². The van der Waals surface area contributed by atoms with Gasteiger partial charge in [0.25, 0.3) is 0 Å². The van der Waals surface area contributed by atoms with E-state index in [0.717, 1.165) is 39.7 Å². The van der Waals surface area contributed by atoms with Crippen molar-refractivity contribution in [2.45, 2.75) is 45.4 Å². The minimum atomic E-state index is -3.65. The maximum absolute atomic E-state index is 12.1. The van der Waals surface area contributed by atoms with Gasteiger partial charge in [-0.1, -0.05) is 25.8 Å². The van der Waals surface area contributed by atoms with Gasteiger partial charge in [-0.2, -0.15) is 0 Å². The third-order valence-corrected chi connectivity index (χ3v) is 7.64. The average Bonchev–Trinajstić information content (AvgIpc) is 3.31. The Morgan fingerprint density at radius 2 is 1.92 bits per heavy atom. The molecular formula is C27H34N6O3S2. The lowest BCUT2D eigenvalue weighted by Gasteiger charge is -2.08. The highest BCUT2D eigenvalue weighted by atomic mass is 32.2. The van der Waals surface area contributed by atoms with Crippen molar-refractivity contribution in [2.24, 2.45) is 4.99 Å². The first-order valence-electron chi connectivity index (χ1n) is 12.1. The van der Waals surface area contributed by atoms with E-state index in [4.69, 9.17) is 11.5 Å². The second-order valence-electron chi connectivity index (χ2n) is 7.90. The Bertz CT molecular complexity index is 1370. The summed E-state index contributed by atoms with van der Waals surface area (Å²) in [6, 6.07) is 8.08. The molecule has 1 aromatic carbocycles. The Balaban J connectivity index is 0.000000638. The number of aromatic nitrogens is 3. The molecule has 0 atom stereocenters. The fraction of sp³-hybridized carbons (Fsp3) is 0.333. The average molecular weight is 555 g/mol. The number of aliphatic hydroxyl groups is 1. The van der Waals surface area contributed by atoms with E-state index >= 15 is 0 Å². The van der Waals surface area contributed by atoms with Crippen LogP contribution < -0.4 is 10.0 Å². The van der Waals surface area contributed by atoms with Crippen molar-refractivity contribution < 1.29 is 13.5 Å². The van der Waals surface area contributed by atoms with Crippen LogP contribution in [0.15, 0.2) is 52.5 Å². The standard InChI is InChI=1S/C21H25N5O3S2.C6H9N/c1-4-5-14(2)20-24-15(3)19(30-20)18-10-11-22-21(26-18)25-16-6-8-17(9-7-16)31(28,29)23-12-13-27;1-3-5-7-6-4-2/h5-11,23,27H,4,12-13H2,1-3H3,(H,22,25,26);1,6H,4-5H2,2H3/b14-5+;. The monoisotopic (exact) mass is 554 g/mol. The van der Waals surface area contributed by atoms with Crippen LogP contribution >= 0.6 is 11.3 Å². The van der Waals surface area contributed by atoms with Gasteiger partial charge in [0.15, 0.2) is 0 Å². The van der Waals surface area contributed by atoms with Crippen molar-refractivity contribution in [2.75, 3.05) is 25.0 Å². The van der Waals surface area contributed by atoms with Gasteiger partial charge < -0.3 is 10.4 Å². The van der Waals surface area contributed by atoms with Gasteiger partial charge >= 0.3 is 0 Å². The summed E-state index contributed by atoms with van der Waals surface area (Å²) < 4.78 is 26.5. The van der Waals surface area contributed by atoms with Gasteiger partial charge in [-0.05, 0) is 68.8 Å². The highest BCUT2D eigenvalue weighted by Gasteiger charge is 2.14. The van der Waals surface area contributed by atoms with Crippen molar-refractivity contribution in [3.8, 4) is 22.9 Å². The van der Waals surface area contributed by atoms with Crippen molar-refractivity contribution in [1.82, 2.24) is 19.7 Å². The van der Waals surface area contributed by atoms with Crippen LogP contribution in [0.5, 0.6) is 0 Å². The Morgan fingerprint density at radius 3 is 2.55 bits per heavy atom. The maximum Gasteiger partial charge on any atom is 0.240 e. The number of anilines is 2. The topological polar surface area (TPSA) is 129 Å². The molecule has 0 bridgehead atoms. The summed E-state index contributed by atoms with van der Waals surface area (Å²) in [6.45, 7) is 8.38. The van der Waals surface area contributed by atoms with E-state index in [9.17, 15) is 8.42 Å². The van der Waals surface area contributed by atoms with Gasteiger partial charge in [-0.25, -0.2) is 28.1 Å². The van der Waals surface area contributed by atoms with Crippen molar-refractivity contribution >= 4 is 44.8 Å². The third-order valence-electron chi connectivity index (χ3n) is 4.85. The Morgan fingerprint density at radius 1 is 1.18 bits per heavy atom. The number of allylic oxidation sites excluding steroid dienone is 2. The predicted molar refractivity (Wildman–Crippen MR) is 156 cm³/mol. The number of aliphatic imine (C=N–C) groups is 1. The highest BCUT2D eigenvalue weighted by molar-refractivity contribution is 7.89. The fourth-order valence-electron chi connectivity index (χ4n) is 3.10. The van der Waals surface area contributed by atoms with E-state index in [-0.39, 0.29) is 18.0 Å². The Hall–Kier alpha value is -3.43. The van der Waals surface area contributed by atoms with Crippen molar-refractivity contribution in [1.29, 1.82) is 0 Å². The van der Waals surface area contributed by atoms with E-state index in [1.807, 2.05) is 26.1 Å². The number of hydrogen-bond donors (Lipinski definition) is 3. The van der Waals surface area contributed by atoms with Crippen LogP contribution in [-0.2, 0) is 10.0 Å². The molecule has 2 heterocycles. The molecule has 2 aromatic heterocycles. The number of benzene rings is 1. The quantitative estimate of drug-likeness (QED) is 0.228. The van der Waals surface area contributed by atoms with Crippen LogP contribution in [0, 0.1) is 19.3 Å². The second-order valence-corrected chi connectivity index (χ2v) is 10.7. The van der Waals surface area contributed by atoms with Gasteiger partial charge in [0.05, 0.1) is 34.3 Å². The van der Waals surface area contributed by atoms with Crippen LogP contribution in [0.4, 0.5) is 11.6 Å².